The normalized spacial score (nSPS) is 10.7. The Morgan fingerprint density at radius 3 is 2.95 bits per heavy atom. The van der Waals surface area contributed by atoms with E-state index in [1.165, 1.54) is 29.3 Å². The van der Waals surface area contributed by atoms with Crippen LogP contribution in [0.4, 0.5) is 5.13 Å². The van der Waals surface area contributed by atoms with Crippen LogP contribution in [-0.4, -0.2) is 31.8 Å². The molecule has 0 fully saturated rings. The van der Waals surface area contributed by atoms with Gasteiger partial charge < -0.3 is 0 Å². The van der Waals surface area contributed by atoms with Crippen molar-refractivity contribution in [3.63, 3.8) is 0 Å². The largest absolute Gasteiger partial charge is 0.295 e. The number of hydrogen-bond acceptors (Lipinski definition) is 7. The van der Waals surface area contributed by atoms with Gasteiger partial charge in [-0.15, -0.1) is 16.8 Å². The number of carbonyl (C=O) groups is 1. The molecule has 2 heterocycles. The minimum atomic E-state index is -0.431. The van der Waals surface area contributed by atoms with Gasteiger partial charge in [-0.05, 0) is 0 Å². The molecule has 0 saturated carbocycles. The second-order valence-electron chi connectivity index (χ2n) is 4.50. The van der Waals surface area contributed by atoms with Crippen LogP contribution < -0.4 is 5.32 Å². The Morgan fingerprint density at radius 2 is 2.32 bits per heavy atom. The van der Waals surface area contributed by atoms with Crippen molar-refractivity contribution in [2.24, 2.45) is 0 Å². The summed E-state index contributed by atoms with van der Waals surface area (Å²) in [6.45, 7) is 7.65. The lowest BCUT2D eigenvalue weighted by molar-refractivity contribution is 0.102. The predicted molar refractivity (Wildman–Crippen MR) is 89.9 cm³/mol. The van der Waals surface area contributed by atoms with E-state index in [1.807, 2.05) is 13.8 Å². The average molecular weight is 356 g/mol. The Hall–Kier alpha value is -1.51. The average Bonchev–Trinajstić information content (AvgIpc) is 2.95. The highest BCUT2D eigenvalue weighted by atomic mass is 35.5. The molecule has 6 nitrogen and oxygen atoms in total. The first-order valence-electron chi connectivity index (χ1n) is 6.42. The van der Waals surface area contributed by atoms with Gasteiger partial charge in [-0.2, -0.15) is 0 Å². The lowest BCUT2D eigenvalue weighted by Crippen LogP contribution is -2.15. The molecular weight excluding hydrogens is 342 g/mol. The van der Waals surface area contributed by atoms with Crippen LogP contribution >= 0.6 is 34.7 Å². The molecule has 0 aliphatic heterocycles. The van der Waals surface area contributed by atoms with E-state index in [2.05, 4.69) is 32.1 Å². The molecule has 2 aromatic rings. The topological polar surface area (TPSA) is 80.7 Å². The third-order valence-corrected chi connectivity index (χ3v) is 4.70. The van der Waals surface area contributed by atoms with Crippen molar-refractivity contribution in [1.82, 2.24) is 20.2 Å². The Labute approximate surface area is 141 Å². The zero-order chi connectivity index (χ0) is 16.1. The van der Waals surface area contributed by atoms with Crippen molar-refractivity contribution in [3.05, 3.63) is 34.6 Å². The number of rotatable bonds is 6. The molecule has 0 aliphatic rings. The molecule has 0 saturated heterocycles. The van der Waals surface area contributed by atoms with E-state index in [9.17, 15) is 4.79 Å². The molecule has 0 spiro atoms. The maximum Gasteiger partial charge on any atom is 0.277 e. The summed E-state index contributed by atoms with van der Waals surface area (Å²) in [6, 6.07) is 0. The van der Waals surface area contributed by atoms with E-state index >= 15 is 0 Å². The molecule has 22 heavy (non-hydrogen) atoms. The summed E-state index contributed by atoms with van der Waals surface area (Å²) in [5.74, 6) is 0.476. The molecule has 1 amide bonds. The van der Waals surface area contributed by atoms with Crippen molar-refractivity contribution in [1.29, 1.82) is 0 Å². The highest BCUT2D eigenvalue weighted by molar-refractivity contribution is 7.99. The minimum absolute atomic E-state index is 0.115. The number of thioether (sulfide) groups is 1. The number of anilines is 1. The Balaban J connectivity index is 2.15. The molecule has 0 aliphatic carbocycles. The monoisotopic (exact) mass is 355 g/mol. The third-order valence-electron chi connectivity index (χ3n) is 2.42. The van der Waals surface area contributed by atoms with Crippen LogP contribution in [0.1, 0.15) is 35.3 Å². The minimum Gasteiger partial charge on any atom is -0.295 e. The number of carbonyl (C=O) groups excluding carboxylic acids is 1. The molecular formula is C13H14ClN5OS2. The van der Waals surface area contributed by atoms with Crippen LogP contribution in [0.25, 0.3) is 0 Å². The first kappa shape index (κ1) is 16.9. The Bertz CT molecular complexity index is 689. The molecule has 0 aromatic carbocycles. The van der Waals surface area contributed by atoms with E-state index < -0.39 is 5.91 Å². The summed E-state index contributed by atoms with van der Waals surface area (Å²) in [5, 5.41) is 12.5. The second-order valence-corrected chi connectivity index (χ2v) is 6.91. The van der Waals surface area contributed by atoms with Gasteiger partial charge in [0.15, 0.2) is 10.9 Å². The van der Waals surface area contributed by atoms with E-state index in [0.717, 1.165) is 5.01 Å². The van der Waals surface area contributed by atoms with Crippen LogP contribution in [0, 0.1) is 0 Å². The van der Waals surface area contributed by atoms with E-state index in [4.69, 9.17) is 11.6 Å². The molecule has 0 atom stereocenters. The number of halogens is 1. The van der Waals surface area contributed by atoms with Crippen molar-refractivity contribution in [2.75, 3.05) is 11.1 Å². The molecule has 1 N–H and O–H groups in total. The van der Waals surface area contributed by atoms with E-state index in [1.54, 1.807) is 6.08 Å². The SMILES string of the molecule is C=CCSc1ncc(Cl)c(C(=O)Nc2nnc(C(C)C)s2)n1. The van der Waals surface area contributed by atoms with Gasteiger partial charge in [-0.3, -0.25) is 10.1 Å². The van der Waals surface area contributed by atoms with Crippen LogP contribution in [-0.2, 0) is 0 Å². The van der Waals surface area contributed by atoms with Crippen LogP contribution in [0.2, 0.25) is 5.02 Å². The van der Waals surface area contributed by atoms with Crippen LogP contribution in [0.3, 0.4) is 0 Å². The summed E-state index contributed by atoms with van der Waals surface area (Å²) >= 11 is 8.70. The zero-order valence-electron chi connectivity index (χ0n) is 12.0. The van der Waals surface area contributed by atoms with Gasteiger partial charge in [0.2, 0.25) is 5.13 Å². The molecule has 0 unspecified atom stereocenters. The van der Waals surface area contributed by atoms with Crippen molar-refractivity contribution >= 4 is 45.7 Å². The quantitative estimate of drug-likeness (QED) is 0.484. The highest BCUT2D eigenvalue weighted by Gasteiger charge is 2.17. The fourth-order valence-corrected chi connectivity index (χ4v) is 2.86. The van der Waals surface area contributed by atoms with Gasteiger partial charge in [-0.1, -0.05) is 54.6 Å². The number of hydrogen-bond donors (Lipinski definition) is 1. The molecule has 0 radical (unpaired) electrons. The zero-order valence-corrected chi connectivity index (χ0v) is 14.4. The molecule has 116 valence electrons. The third kappa shape index (κ3) is 4.25. The smallest absolute Gasteiger partial charge is 0.277 e. The fourth-order valence-electron chi connectivity index (χ4n) is 1.39. The summed E-state index contributed by atoms with van der Waals surface area (Å²) < 4.78 is 0. The summed E-state index contributed by atoms with van der Waals surface area (Å²) in [7, 11) is 0. The van der Waals surface area contributed by atoms with Crippen molar-refractivity contribution < 1.29 is 4.79 Å². The summed E-state index contributed by atoms with van der Waals surface area (Å²) in [4.78, 5) is 20.5. The predicted octanol–water partition coefficient (Wildman–Crippen LogP) is 3.64. The van der Waals surface area contributed by atoms with Gasteiger partial charge in [-0.25, -0.2) is 9.97 Å². The second kappa shape index (κ2) is 7.66. The Morgan fingerprint density at radius 1 is 1.55 bits per heavy atom. The summed E-state index contributed by atoms with van der Waals surface area (Å²) in [5.41, 5.74) is 0.115. The van der Waals surface area contributed by atoms with Crippen molar-refractivity contribution in [3.8, 4) is 0 Å². The van der Waals surface area contributed by atoms with Gasteiger partial charge >= 0.3 is 0 Å². The lowest BCUT2D eigenvalue weighted by Gasteiger charge is -2.04. The lowest BCUT2D eigenvalue weighted by atomic mass is 10.2. The van der Waals surface area contributed by atoms with Gasteiger partial charge in [0.1, 0.15) is 5.01 Å². The van der Waals surface area contributed by atoms with Gasteiger partial charge in [0.25, 0.3) is 5.91 Å². The number of amides is 1. The first-order valence-corrected chi connectivity index (χ1v) is 8.60. The fraction of sp³-hybridized carbons (Fsp3) is 0.308. The molecule has 2 rings (SSSR count). The first-order chi connectivity index (χ1) is 10.5. The summed E-state index contributed by atoms with van der Waals surface area (Å²) in [6.07, 6.45) is 3.14. The van der Waals surface area contributed by atoms with E-state index in [0.29, 0.717) is 16.0 Å². The maximum atomic E-state index is 12.3. The van der Waals surface area contributed by atoms with Crippen LogP contribution in [0.15, 0.2) is 24.0 Å². The number of nitrogens with one attached hydrogen (secondary N) is 1. The molecule has 9 heteroatoms. The van der Waals surface area contributed by atoms with Crippen LogP contribution in [0.5, 0.6) is 0 Å². The standard InChI is InChI=1S/C13H14ClN5OS2/c1-4-5-21-12-15-6-8(14)9(16-12)10(20)17-13-19-18-11(22-13)7(2)3/h4,6-7H,1,5H2,2-3H3,(H,17,19,20). The molecule has 2 aromatic heterocycles. The molecule has 0 bridgehead atoms. The van der Waals surface area contributed by atoms with Gasteiger partial charge in [0, 0.05) is 11.7 Å². The van der Waals surface area contributed by atoms with Crippen molar-refractivity contribution in [2.45, 2.75) is 24.9 Å². The van der Waals surface area contributed by atoms with Gasteiger partial charge in [0.05, 0.1) is 11.2 Å². The number of aromatic nitrogens is 4. The van der Waals surface area contributed by atoms with E-state index in [-0.39, 0.29) is 16.6 Å². The Kier molecular flexibility index (Phi) is 5.87. The number of nitrogens with zero attached hydrogens (tertiary/aromatic N) is 4. The highest BCUT2D eigenvalue weighted by Crippen LogP contribution is 2.24. The maximum absolute atomic E-state index is 12.3.